The third-order valence-corrected chi connectivity index (χ3v) is 13.5. The number of nitrogens with one attached hydrogen (secondary N) is 6. The maximum absolute atomic E-state index is 14.9. The zero-order valence-electron chi connectivity index (χ0n) is 47.2. The topological polar surface area (TPSA) is 357 Å². The Kier molecular flexibility index (Phi) is 19.3. The van der Waals surface area contributed by atoms with Crippen molar-refractivity contribution in [3.63, 3.8) is 0 Å². The molecule has 4 aromatic carbocycles. The summed E-state index contributed by atoms with van der Waals surface area (Å²) in [5, 5.41) is 30.6. The number of phenols is 1. The molecule has 4 aromatic heterocycles. The van der Waals surface area contributed by atoms with Crippen molar-refractivity contribution in [1.82, 2.24) is 56.1 Å². The fourth-order valence-corrected chi connectivity index (χ4v) is 9.19. The molecule has 0 aliphatic carbocycles. The van der Waals surface area contributed by atoms with E-state index in [1.54, 1.807) is 33.8 Å². The first-order valence-corrected chi connectivity index (χ1v) is 26.6. The molecule has 4 atom stereocenters. The number of carbonyl (C=O) groups is 7. The van der Waals surface area contributed by atoms with E-state index in [9.17, 15) is 47.4 Å². The highest BCUT2D eigenvalue weighted by Crippen LogP contribution is 2.32. The van der Waals surface area contributed by atoms with E-state index in [2.05, 4.69) is 51.2 Å². The van der Waals surface area contributed by atoms with Gasteiger partial charge in [-0.15, -0.1) is 0 Å². The molecule has 8 aromatic rings. The number of phenolic OH excluding ortho intramolecular Hbond substituents is 1. The summed E-state index contributed by atoms with van der Waals surface area (Å²) in [6, 6.07) is 18.0. The first-order valence-electron chi connectivity index (χ1n) is 26.6. The van der Waals surface area contributed by atoms with E-state index in [1.165, 1.54) is 123 Å². The summed E-state index contributed by atoms with van der Waals surface area (Å²) in [7, 11) is 2.56. The van der Waals surface area contributed by atoms with Crippen molar-refractivity contribution >= 4 is 63.7 Å². The maximum atomic E-state index is 14.9. The number of halogens is 2. The van der Waals surface area contributed by atoms with E-state index in [0.717, 1.165) is 0 Å². The van der Waals surface area contributed by atoms with Crippen molar-refractivity contribution < 1.29 is 71.5 Å². The number of ether oxygens (including phenoxy) is 4. The van der Waals surface area contributed by atoms with Crippen LogP contribution < -0.4 is 41.2 Å². The highest BCUT2D eigenvalue weighted by molar-refractivity contribution is 6.12. The molecule has 4 amide bonds. The van der Waals surface area contributed by atoms with Gasteiger partial charge in [0.25, 0.3) is 17.7 Å². The summed E-state index contributed by atoms with van der Waals surface area (Å²) in [6.07, 6.45) is 5.32. The predicted molar refractivity (Wildman–Crippen MR) is 306 cm³/mol. The summed E-state index contributed by atoms with van der Waals surface area (Å²) in [6.45, 7) is 8.66. The van der Waals surface area contributed by atoms with Gasteiger partial charge in [-0.1, -0.05) is 24.3 Å². The first-order chi connectivity index (χ1) is 41.1. The molecule has 0 radical (unpaired) electrons. The number of hydrogen-bond donors (Lipinski definition) is 9. The van der Waals surface area contributed by atoms with E-state index >= 15 is 0 Å². The van der Waals surface area contributed by atoms with Gasteiger partial charge < -0.3 is 71.0 Å². The minimum atomic E-state index is -0.980. The van der Waals surface area contributed by atoms with Crippen LogP contribution in [-0.2, 0) is 4.74 Å². The summed E-state index contributed by atoms with van der Waals surface area (Å²) < 4.78 is 50.2. The second-order valence-corrected chi connectivity index (χ2v) is 20.3. The number of likely N-dealkylation sites (tertiary alicyclic amines) is 1. The van der Waals surface area contributed by atoms with Crippen LogP contribution in [0.15, 0.2) is 110 Å². The molecule has 448 valence electrons. The molecule has 0 bridgehead atoms. The van der Waals surface area contributed by atoms with Gasteiger partial charge in [-0.3, -0.25) is 24.0 Å². The summed E-state index contributed by atoms with van der Waals surface area (Å²) >= 11 is 0. The van der Waals surface area contributed by atoms with Crippen LogP contribution in [0.4, 0.5) is 13.6 Å². The van der Waals surface area contributed by atoms with Crippen LogP contribution in [0.25, 0.3) is 22.3 Å². The van der Waals surface area contributed by atoms with Crippen LogP contribution in [0.5, 0.6) is 23.0 Å². The number of methoxy groups -OCH3 is 2. The minimum absolute atomic E-state index is 0.0777. The van der Waals surface area contributed by atoms with Crippen molar-refractivity contribution in [3.05, 3.63) is 166 Å². The van der Waals surface area contributed by atoms with Crippen LogP contribution >= 0.6 is 0 Å². The number of carboxylic acids is 1. The number of rotatable bonds is 15. The molecule has 0 saturated carbocycles. The normalized spacial score (nSPS) is 16.2. The smallest absolute Gasteiger partial charge is 0.410 e. The number of aromatic amines is 2. The SMILES string of the molecule is CCOc1ccc(OC)c(F)c1C(=O)c1ccc(C(=O)N[C@@H]2CN(C(=O)OC(C)(C)C)C[C@H]2N)cc1.COc1ccc(O)c(C(=O)c2ccc(C(=O)N[C@@H]3CNC[C@H]3NC(=O)c3ccnc4nc[nH]c34)cc2)c1F.O=C(O)c1ccnc2nc[nH]c12. The van der Waals surface area contributed by atoms with Crippen molar-refractivity contribution in [2.24, 2.45) is 5.73 Å². The molecule has 6 heterocycles. The third-order valence-electron chi connectivity index (χ3n) is 13.5. The third kappa shape index (κ3) is 14.1. The molecule has 0 unspecified atom stereocenters. The average molecular weight is 1180 g/mol. The van der Waals surface area contributed by atoms with Gasteiger partial charge in [0.05, 0.1) is 73.8 Å². The molecular weight excluding hydrogens is 1120 g/mol. The van der Waals surface area contributed by atoms with Gasteiger partial charge in [0, 0.05) is 66.9 Å². The molecule has 10 N–H and O–H groups in total. The molecule has 2 fully saturated rings. The number of carbonyl (C=O) groups excluding carboxylic acids is 6. The van der Waals surface area contributed by atoms with Gasteiger partial charge in [-0.05, 0) is 88.4 Å². The Morgan fingerprint density at radius 2 is 1.09 bits per heavy atom. The number of aromatic nitrogens is 6. The van der Waals surface area contributed by atoms with Gasteiger partial charge in [0.1, 0.15) is 28.2 Å². The number of aromatic hydroxyl groups is 1. The van der Waals surface area contributed by atoms with E-state index < -0.39 is 82.1 Å². The predicted octanol–water partition coefficient (Wildman–Crippen LogP) is 5.34. The lowest BCUT2D eigenvalue weighted by molar-refractivity contribution is 0.0287. The number of H-pyrrole nitrogens is 2. The van der Waals surface area contributed by atoms with Gasteiger partial charge in [-0.25, -0.2) is 38.3 Å². The lowest BCUT2D eigenvalue weighted by atomic mass is 10.00. The van der Waals surface area contributed by atoms with Gasteiger partial charge >= 0.3 is 12.1 Å². The fraction of sp³-hybridized carbons (Fsp3) is 0.271. The van der Waals surface area contributed by atoms with Gasteiger partial charge in [-0.2, -0.15) is 0 Å². The molecule has 0 spiro atoms. The molecule has 25 nitrogen and oxygen atoms in total. The number of nitrogens with two attached hydrogens (primary N) is 1. The molecule has 10 rings (SSSR count). The van der Waals surface area contributed by atoms with Crippen molar-refractivity contribution in [2.45, 2.75) is 57.5 Å². The Balaban J connectivity index is 0.000000187. The highest BCUT2D eigenvalue weighted by atomic mass is 19.1. The minimum Gasteiger partial charge on any atom is -0.507 e. The van der Waals surface area contributed by atoms with E-state index in [4.69, 9.17) is 29.8 Å². The standard InChI is InChI=1S/C26H23FN6O5.C26H32FN3O6.C7H5N3O2/c1-38-19-7-6-18(34)20(21(19)27)23(35)13-2-4-14(5-3-13)25(36)32-16-10-28-11-17(16)33-26(37)15-8-9-29-24-22(15)30-12-31-24;1-6-35-19-11-12-20(34-5)22(27)21(19)23(31)15-7-9-16(10-8-15)24(32)29-18-14-30(13-17(18)28)25(33)36-26(2,3)4;11-7(12)4-1-2-8-6-5(4)9-3-10-6/h2-9,12,16-17,28,34H,10-11H2,1H3,(H,32,36)(H,33,37)(H,29,30,31);7-12,17-18H,6,13-14,28H2,1-5H3,(H,29,32);1-3H,(H,11,12)(H,8,9,10)/t16-,17-;17-,18-;/m11./s1. The van der Waals surface area contributed by atoms with Crippen LogP contribution in [0.1, 0.15) is 101 Å². The number of amides is 4. The summed E-state index contributed by atoms with van der Waals surface area (Å²) in [4.78, 5) is 110. The monoisotopic (exact) mass is 1180 g/mol. The quantitative estimate of drug-likeness (QED) is 0.0585. The maximum Gasteiger partial charge on any atom is 0.410 e. The molecule has 2 aliphatic heterocycles. The summed E-state index contributed by atoms with van der Waals surface area (Å²) in [5.41, 5.74) is 7.97. The van der Waals surface area contributed by atoms with Crippen LogP contribution in [0.2, 0.25) is 0 Å². The number of ketones is 2. The number of aromatic carboxylic acids is 1. The lowest BCUT2D eigenvalue weighted by Crippen LogP contribution is -2.51. The van der Waals surface area contributed by atoms with Crippen molar-refractivity contribution in [1.29, 1.82) is 0 Å². The molecular formula is C59H60F2N12O13. The number of nitrogens with zero attached hydrogens (tertiary/aromatic N) is 5. The molecule has 86 heavy (non-hydrogen) atoms. The number of pyridine rings is 2. The second-order valence-electron chi connectivity index (χ2n) is 20.3. The summed E-state index contributed by atoms with van der Waals surface area (Å²) in [5.74, 6) is -5.94. The van der Waals surface area contributed by atoms with E-state index in [-0.39, 0.29) is 82.3 Å². The van der Waals surface area contributed by atoms with Crippen molar-refractivity contribution in [3.8, 4) is 23.0 Å². The van der Waals surface area contributed by atoms with Crippen LogP contribution in [0, 0.1) is 11.6 Å². The number of benzene rings is 4. The first kappa shape index (κ1) is 61.7. The van der Waals surface area contributed by atoms with E-state index in [1.807, 2.05) is 0 Å². The highest BCUT2D eigenvalue weighted by Gasteiger charge is 2.37. The Bertz CT molecular complexity index is 3830. The zero-order valence-corrected chi connectivity index (χ0v) is 47.2. The molecule has 2 aliphatic rings. The second kappa shape index (κ2) is 26.9. The fourth-order valence-electron chi connectivity index (χ4n) is 9.19. The lowest BCUT2D eigenvalue weighted by Gasteiger charge is -2.24. The number of hydrogen-bond acceptors (Lipinski definition) is 18. The van der Waals surface area contributed by atoms with E-state index in [0.29, 0.717) is 41.0 Å². The molecule has 27 heteroatoms. The molecule has 2 saturated heterocycles. The largest absolute Gasteiger partial charge is 0.507 e. The van der Waals surface area contributed by atoms with Crippen molar-refractivity contribution in [2.75, 3.05) is 47.0 Å². The zero-order chi connectivity index (χ0) is 62.0. The Hall–Kier alpha value is -10.4. The number of carboxylic acid groups (broad SMARTS) is 1. The Labute approximate surface area is 489 Å². The Morgan fingerprint density at radius 3 is 1.62 bits per heavy atom. The van der Waals surface area contributed by atoms with Gasteiger partial charge in [0.2, 0.25) is 0 Å². The average Bonchev–Trinajstić information content (AvgIpc) is 3.85. The number of imidazole rings is 2. The van der Waals surface area contributed by atoms with Crippen LogP contribution in [-0.4, -0.2) is 163 Å². The van der Waals surface area contributed by atoms with Crippen LogP contribution in [0.3, 0.4) is 0 Å². The van der Waals surface area contributed by atoms with Gasteiger partial charge in [0.15, 0.2) is 46.0 Å². The number of fused-ring (bicyclic) bond motifs is 2. The Morgan fingerprint density at radius 1 is 0.628 bits per heavy atom.